The number of hydrogen-bond acceptors (Lipinski definition) is 5. The number of carbonyl (C=O) groups excluding carboxylic acids is 2. The minimum atomic E-state index is -0.517. The van der Waals surface area contributed by atoms with Crippen LogP contribution < -0.4 is 10.6 Å². The second-order valence-electron chi connectivity index (χ2n) is 6.11. The molecular weight excluding hydrogens is 374 g/mol. The SMILES string of the molecule is Cc1nnc(SCC(=O)NC(=O)NCc2ccccc2)n1Cc1ccccc1. The van der Waals surface area contributed by atoms with Crippen LogP contribution in [0.3, 0.4) is 0 Å². The highest BCUT2D eigenvalue weighted by Gasteiger charge is 2.13. The summed E-state index contributed by atoms with van der Waals surface area (Å²) in [5.74, 6) is 0.459. The van der Waals surface area contributed by atoms with Crippen LogP contribution in [0.1, 0.15) is 17.0 Å². The number of nitrogens with zero attached hydrogens (tertiary/aromatic N) is 3. The smallest absolute Gasteiger partial charge is 0.321 e. The molecule has 1 aromatic heterocycles. The van der Waals surface area contributed by atoms with Gasteiger partial charge in [0.05, 0.1) is 12.3 Å². The van der Waals surface area contributed by atoms with Gasteiger partial charge in [0.2, 0.25) is 5.91 Å². The van der Waals surface area contributed by atoms with E-state index >= 15 is 0 Å². The first kappa shape index (κ1) is 19.6. The maximum Gasteiger partial charge on any atom is 0.321 e. The molecule has 8 heteroatoms. The van der Waals surface area contributed by atoms with E-state index in [4.69, 9.17) is 0 Å². The maximum atomic E-state index is 12.1. The number of aromatic nitrogens is 3. The summed E-state index contributed by atoms with van der Waals surface area (Å²) < 4.78 is 1.95. The fourth-order valence-corrected chi connectivity index (χ4v) is 3.31. The van der Waals surface area contributed by atoms with Crippen molar-refractivity contribution >= 4 is 23.7 Å². The lowest BCUT2D eigenvalue weighted by Crippen LogP contribution is -2.40. The third-order valence-corrected chi connectivity index (χ3v) is 4.93. The van der Waals surface area contributed by atoms with Gasteiger partial charge >= 0.3 is 6.03 Å². The highest BCUT2D eigenvalue weighted by molar-refractivity contribution is 7.99. The molecule has 0 saturated heterocycles. The average Bonchev–Trinajstić information content (AvgIpc) is 3.06. The van der Waals surface area contributed by atoms with Crippen molar-refractivity contribution in [3.05, 3.63) is 77.6 Å². The predicted octanol–water partition coefficient (Wildman–Crippen LogP) is 2.75. The summed E-state index contributed by atoms with van der Waals surface area (Å²) in [6.07, 6.45) is 0. The molecular formula is C20H21N5O2S. The molecule has 0 saturated carbocycles. The van der Waals surface area contributed by atoms with Gasteiger partial charge in [-0.3, -0.25) is 10.1 Å². The number of thioether (sulfide) groups is 1. The van der Waals surface area contributed by atoms with Crippen LogP contribution in [0.15, 0.2) is 65.8 Å². The minimum absolute atomic E-state index is 0.0751. The van der Waals surface area contributed by atoms with Crippen molar-refractivity contribution in [2.24, 2.45) is 0 Å². The van der Waals surface area contributed by atoms with E-state index in [0.717, 1.165) is 17.0 Å². The molecule has 0 aliphatic carbocycles. The van der Waals surface area contributed by atoms with Gasteiger partial charge in [0.1, 0.15) is 5.82 Å². The molecule has 0 aliphatic rings. The van der Waals surface area contributed by atoms with Gasteiger partial charge in [-0.1, -0.05) is 72.4 Å². The monoisotopic (exact) mass is 395 g/mol. The largest absolute Gasteiger partial charge is 0.334 e. The molecule has 3 rings (SSSR count). The van der Waals surface area contributed by atoms with Crippen molar-refractivity contribution in [2.75, 3.05) is 5.75 Å². The number of imide groups is 1. The summed E-state index contributed by atoms with van der Waals surface area (Å²) in [4.78, 5) is 23.9. The highest BCUT2D eigenvalue weighted by Crippen LogP contribution is 2.18. The van der Waals surface area contributed by atoms with E-state index in [9.17, 15) is 9.59 Å². The molecule has 0 aliphatic heterocycles. The summed E-state index contributed by atoms with van der Waals surface area (Å²) in [5, 5.41) is 13.9. The number of hydrogen-bond donors (Lipinski definition) is 2. The molecule has 0 fully saturated rings. The molecule has 0 atom stereocenters. The molecule has 7 nitrogen and oxygen atoms in total. The van der Waals surface area contributed by atoms with Gasteiger partial charge in [-0.25, -0.2) is 4.79 Å². The number of carbonyl (C=O) groups is 2. The van der Waals surface area contributed by atoms with Crippen molar-refractivity contribution in [1.29, 1.82) is 0 Å². The zero-order valence-electron chi connectivity index (χ0n) is 15.5. The molecule has 3 aromatic rings. The average molecular weight is 395 g/mol. The van der Waals surface area contributed by atoms with Gasteiger partial charge in [0.15, 0.2) is 5.16 Å². The van der Waals surface area contributed by atoms with E-state index in [0.29, 0.717) is 18.2 Å². The van der Waals surface area contributed by atoms with Gasteiger partial charge in [-0.2, -0.15) is 0 Å². The first-order chi connectivity index (χ1) is 13.6. The van der Waals surface area contributed by atoms with Crippen molar-refractivity contribution in [1.82, 2.24) is 25.4 Å². The Morgan fingerprint density at radius 3 is 2.29 bits per heavy atom. The zero-order chi connectivity index (χ0) is 19.8. The van der Waals surface area contributed by atoms with Crippen molar-refractivity contribution in [3.63, 3.8) is 0 Å². The van der Waals surface area contributed by atoms with Gasteiger partial charge in [0.25, 0.3) is 0 Å². The van der Waals surface area contributed by atoms with E-state index in [2.05, 4.69) is 20.8 Å². The zero-order valence-corrected chi connectivity index (χ0v) is 16.3. The fraction of sp³-hybridized carbons (Fsp3) is 0.200. The Labute approximate surface area is 167 Å². The van der Waals surface area contributed by atoms with Crippen LogP contribution in [0.4, 0.5) is 4.79 Å². The highest BCUT2D eigenvalue weighted by atomic mass is 32.2. The van der Waals surface area contributed by atoms with Crippen molar-refractivity contribution < 1.29 is 9.59 Å². The molecule has 2 N–H and O–H groups in total. The summed E-state index contributed by atoms with van der Waals surface area (Å²) in [7, 11) is 0. The molecule has 0 unspecified atom stereocenters. The van der Waals surface area contributed by atoms with Crippen LogP contribution in [0, 0.1) is 6.92 Å². The number of urea groups is 1. The van der Waals surface area contributed by atoms with Crippen LogP contribution in [-0.2, 0) is 17.9 Å². The second-order valence-corrected chi connectivity index (χ2v) is 7.05. The minimum Gasteiger partial charge on any atom is -0.334 e. The van der Waals surface area contributed by atoms with E-state index < -0.39 is 6.03 Å². The lowest BCUT2D eigenvalue weighted by atomic mass is 10.2. The Kier molecular flexibility index (Phi) is 6.80. The Bertz CT molecular complexity index is 928. The Hall–Kier alpha value is -3.13. The Balaban J connectivity index is 1.48. The van der Waals surface area contributed by atoms with Crippen LogP contribution in [0.5, 0.6) is 0 Å². The molecule has 0 spiro atoms. The molecule has 2 aromatic carbocycles. The number of benzene rings is 2. The lowest BCUT2D eigenvalue weighted by molar-refractivity contribution is -0.117. The molecule has 3 amide bonds. The van der Waals surface area contributed by atoms with Crippen LogP contribution in [0.2, 0.25) is 0 Å². The van der Waals surface area contributed by atoms with Gasteiger partial charge in [0, 0.05) is 6.54 Å². The van der Waals surface area contributed by atoms with E-state index in [-0.39, 0.29) is 11.7 Å². The summed E-state index contributed by atoms with van der Waals surface area (Å²) in [6.45, 7) is 2.86. The first-order valence-electron chi connectivity index (χ1n) is 8.80. The van der Waals surface area contributed by atoms with E-state index in [1.807, 2.05) is 72.2 Å². The number of aryl methyl sites for hydroxylation is 1. The summed E-state index contributed by atoms with van der Waals surface area (Å²) in [5.41, 5.74) is 2.08. The topological polar surface area (TPSA) is 88.9 Å². The quantitative estimate of drug-likeness (QED) is 0.601. The van der Waals surface area contributed by atoms with Crippen LogP contribution in [0.25, 0.3) is 0 Å². The molecule has 28 heavy (non-hydrogen) atoms. The van der Waals surface area contributed by atoms with Crippen molar-refractivity contribution in [2.45, 2.75) is 25.2 Å². The van der Waals surface area contributed by atoms with Gasteiger partial charge in [-0.05, 0) is 18.1 Å². The summed E-state index contributed by atoms with van der Waals surface area (Å²) >= 11 is 1.25. The maximum absolute atomic E-state index is 12.1. The van der Waals surface area contributed by atoms with E-state index in [1.165, 1.54) is 11.8 Å². The molecule has 144 valence electrons. The van der Waals surface area contributed by atoms with Crippen LogP contribution >= 0.6 is 11.8 Å². The van der Waals surface area contributed by atoms with Gasteiger partial charge < -0.3 is 9.88 Å². The number of rotatable bonds is 7. The third-order valence-electron chi connectivity index (χ3n) is 3.97. The van der Waals surface area contributed by atoms with Crippen LogP contribution in [-0.4, -0.2) is 32.5 Å². The first-order valence-corrected chi connectivity index (χ1v) is 9.78. The number of amides is 3. The lowest BCUT2D eigenvalue weighted by Gasteiger charge is -2.09. The Morgan fingerprint density at radius 1 is 0.964 bits per heavy atom. The second kappa shape index (κ2) is 9.70. The Morgan fingerprint density at radius 2 is 1.61 bits per heavy atom. The van der Waals surface area contributed by atoms with Gasteiger partial charge in [-0.15, -0.1) is 10.2 Å². The van der Waals surface area contributed by atoms with E-state index in [1.54, 1.807) is 0 Å². The number of nitrogens with one attached hydrogen (secondary N) is 2. The normalized spacial score (nSPS) is 10.5. The van der Waals surface area contributed by atoms with Crippen molar-refractivity contribution in [3.8, 4) is 0 Å². The fourth-order valence-electron chi connectivity index (χ4n) is 2.53. The molecule has 0 radical (unpaired) electrons. The standard InChI is InChI=1S/C20H21N5O2S/c1-15-23-24-20(25(15)13-17-10-6-3-7-11-17)28-14-18(26)22-19(27)21-12-16-8-4-2-5-9-16/h2-11H,12-14H2,1H3,(H2,21,22,26,27). The summed E-state index contributed by atoms with van der Waals surface area (Å²) in [6, 6.07) is 18.9. The third kappa shape index (κ3) is 5.68. The molecule has 1 heterocycles. The molecule has 0 bridgehead atoms. The predicted molar refractivity (Wildman–Crippen MR) is 108 cm³/mol.